The largest absolute Gasteiger partial charge is 0.332 e. The number of fused-ring (bicyclic) bond motifs is 1. The van der Waals surface area contributed by atoms with Crippen LogP contribution in [0.25, 0.3) is 0 Å². The number of hydrogen-bond donors (Lipinski definition) is 2. The molecule has 0 aliphatic heterocycles. The molecule has 3 rings (SSSR count). The van der Waals surface area contributed by atoms with Crippen LogP contribution in [0.5, 0.6) is 0 Å². The van der Waals surface area contributed by atoms with Crippen molar-refractivity contribution in [2.45, 2.75) is 52.1 Å². The number of urea groups is 1. The third-order valence-corrected chi connectivity index (χ3v) is 4.75. The van der Waals surface area contributed by atoms with Crippen LogP contribution in [0.3, 0.4) is 0 Å². The summed E-state index contributed by atoms with van der Waals surface area (Å²) in [6.45, 7) is 4.46. The number of carbonyl (C=O) groups is 1. The van der Waals surface area contributed by atoms with Gasteiger partial charge in [-0.25, -0.2) is 4.79 Å². The second kappa shape index (κ2) is 7.47. The molecule has 0 fully saturated rings. The normalized spacial score (nSPS) is 14.6. The lowest BCUT2D eigenvalue weighted by atomic mass is 9.89. The number of benzene rings is 1. The Labute approximate surface area is 143 Å². The van der Waals surface area contributed by atoms with Gasteiger partial charge in [0.2, 0.25) is 0 Å². The van der Waals surface area contributed by atoms with E-state index in [9.17, 15) is 4.79 Å². The lowest BCUT2D eigenvalue weighted by molar-refractivity contribution is 0.237. The van der Waals surface area contributed by atoms with Crippen molar-refractivity contribution in [3.05, 3.63) is 64.5 Å². The Morgan fingerprint density at radius 1 is 1.21 bits per heavy atom. The molecular weight excluding hydrogens is 298 g/mol. The van der Waals surface area contributed by atoms with E-state index in [-0.39, 0.29) is 12.1 Å². The zero-order chi connectivity index (χ0) is 16.9. The third kappa shape index (κ3) is 3.94. The molecule has 1 heterocycles. The monoisotopic (exact) mass is 323 g/mol. The summed E-state index contributed by atoms with van der Waals surface area (Å²) in [6.07, 6.45) is 6.64. The lowest BCUT2D eigenvalue weighted by Crippen LogP contribution is -2.37. The highest BCUT2D eigenvalue weighted by Crippen LogP contribution is 2.24. The van der Waals surface area contributed by atoms with Crippen molar-refractivity contribution in [2.75, 3.05) is 0 Å². The fraction of sp³-hybridized carbons (Fsp3) is 0.400. The zero-order valence-electron chi connectivity index (χ0n) is 14.4. The predicted octanol–water partition coefficient (Wildman–Crippen LogP) is 3.83. The van der Waals surface area contributed by atoms with Gasteiger partial charge < -0.3 is 10.6 Å². The van der Waals surface area contributed by atoms with Crippen molar-refractivity contribution in [3.8, 4) is 0 Å². The molecular formula is C20H25N3O. The smallest absolute Gasteiger partial charge is 0.315 e. The Morgan fingerprint density at radius 3 is 2.79 bits per heavy atom. The molecule has 24 heavy (non-hydrogen) atoms. The Bertz CT molecular complexity index is 727. The van der Waals surface area contributed by atoms with Crippen LogP contribution in [0.4, 0.5) is 4.79 Å². The maximum absolute atomic E-state index is 12.2. The highest BCUT2D eigenvalue weighted by atomic mass is 16.2. The molecule has 4 heteroatoms. The third-order valence-electron chi connectivity index (χ3n) is 4.75. The van der Waals surface area contributed by atoms with E-state index in [1.54, 1.807) is 6.20 Å². The minimum Gasteiger partial charge on any atom is -0.332 e. The zero-order valence-corrected chi connectivity index (χ0v) is 14.4. The highest BCUT2D eigenvalue weighted by molar-refractivity contribution is 5.74. The molecule has 0 saturated heterocycles. The van der Waals surface area contributed by atoms with Crippen LogP contribution in [0.2, 0.25) is 0 Å². The molecule has 4 nitrogen and oxygen atoms in total. The van der Waals surface area contributed by atoms with E-state index in [1.807, 2.05) is 26.0 Å². The van der Waals surface area contributed by atoms with E-state index in [0.717, 1.165) is 17.7 Å². The van der Waals surface area contributed by atoms with Gasteiger partial charge in [0, 0.05) is 6.20 Å². The number of carbonyl (C=O) groups excluding carboxylic acids is 1. The summed E-state index contributed by atoms with van der Waals surface area (Å²) >= 11 is 0. The van der Waals surface area contributed by atoms with Gasteiger partial charge in [0.05, 0.1) is 18.3 Å². The van der Waals surface area contributed by atoms with Crippen LogP contribution in [0.15, 0.2) is 36.5 Å². The molecule has 1 aliphatic carbocycles. The maximum atomic E-state index is 12.2. The van der Waals surface area contributed by atoms with E-state index in [0.29, 0.717) is 6.54 Å². The Morgan fingerprint density at radius 2 is 2.00 bits per heavy atom. The summed E-state index contributed by atoms with van der Waals surface area (Å²) in [6, 6.07) is 10.3. The SMILES string of the molecule is Cc1cccnc1CNC(=O)NC(C)c1ccc2c(c1)CCCC2. The van der Waals surface area contributed by atoms with Gasteiger partial charge in [-0.2, -0.15) is 0 Å². The Kier molecular flexibility index (Phi) is 5.14. The Balaban J connectivity index is 1.57. The van der Waals surface area contributed by atoms with Crippen LogP contribution >= 0.6 is 0 Å². The lowest BCUT2D eigenvalue weighted by Gasteiger charge is -2.20. The molecule has 1 unspecified atom stereocenters. The molecule has 0 saturated carbocycles. The van der Waals surface area contributed by atoms with Crippen molar-refractivity contribution in [1.82, 2.24) is 15.6 Å². The topological polar surface area (TPSA) is 54.0 Å². The highest BCUT2D eigenvalue weighted by Gasteiger charge is 2.14. The average molecular weight is 323 g/mol. The number of hydrogen-bond acceptors (Lipinski definition) is 2. The summed E-state index contributed by atoms with van der Waals surface area (Å²) in [5.41, 5.74) is 6.05. The van der Waals surface area contributed by atoms with Crippen LogP contribution in [0, 0.1) is 6.92 Å². The molecule has 2 N–H and O–H groups in total. The Hall–Kier alpha value is -2.36. The van der Waals surface area contributed by atoms with Gasteiger partial charge in [0.1, 0.15) is 0 Å². The van der Waals surface area contributed by atoms with Crippen LogP contribution in [-0.4, -0.2) is 11.0 Å². The van der Waals surface area contributed by atoms with Gasteiger partial charge in [-0.15, -0.1) is 0 Å². The number of aryl methyl sites for hydroxylation is 3. The van der Waals surface area contributed by atoms with Crippen LogP contribution < -0.4 is 10.6 Å². The fourth-order valence-corrected chi connectivity index (χ4v) is 3.22. The molecule has 2 amide bonds. The van der Waals surface area contributed by atoms with E-state index < -0.39 is 0 Å². The van der Waals surface area contributed by atoms with Gasteiger partial charge in [0.15, 0.2) is 0 Å². The average Bonchev–Trinajstić information content (AvgIpc) is 2.60. The second-order valence-corrected chi connectivity index (χ2v) is 6.55. The summed E-state index contributed by atoms with van der Waals surface area (Å²) in [7, 11) is 0. The minimum absolute atomic E-state index is 0.0120. The summed E-state index contributed by atoms with van der Waals surface area (Å²) < 4.78 is 0. The standard InChI is InChI=1S/C20H25N3O/c1-14-6-5-11-21-19(14)13-22-20(24)23-15(2)17-10-9-16-7-3-4-8-18(16)12-17/h5-6,9-12,15H,3-4,7-8,13H2,1-2H3,(H2,22,23,24). The van der Waals surface area contributed by atoms with Gasteiger partial charge in [-0.05, 0) is 67.9 Å². The van der Waals surface area contributed by atoms with E-state index in [2.05, 4.69) is 33.8 Å². The fourth-order valence-electron chi connectivity index (χ4n) is 3.22. The summed E-state index contributed by atoms with van der Waals surface area (Å²) in [5.74, 6) is 0. The van der Waals surface area contributed by atoms with E-state index in [1.165, 1.54) is 36.0 Å². The summed E-state index contributed by atoms with van der Waals surface area (Å²) in [4.78, 5) is 16.4. The van der Waals surface area contributed by atoms with Gasteiger partial charge in [0.25, 0.3) is 0 Å². The predicted molar refractivity (Wildman–Crippen MR) is 95.8 cm³/mol. The summed E-state index contributed by atoms with van der Waals surface area (Å²) in [5, 5.41) is 5.91. The second-order valence-electron chi connectivity index (χ2n) is 6.55. The van der Waals surface area contributed by atoms with Crippen molar-refractivity contribution < 1.29 is 4.79 Å². The molecule has 1 aromatic heterocycles. The number of nitrogens with zero attached hydrogens (tertiary/aromatic N) is 1. The minimum atomic E-state index is -0.162. The molecule has 0 spiro atoms. The first-order chi connectivity index (χ1) is 11.6. The van der Waals surface area contributed by atoms with Crippen molar-refractivity contribution in [2.24, 2.45) is 0 Å². The van der Waals surface area contributed by atoms with Crippen molar-refractivity contribution >= 4 is 6.03 Å². The molecule has 0 radical (unpaired) electrons. The van der Waals surface area contributed by atoms with E-state index in [4.69, 9.17) is 0 Å². The van der Waals surface area contributed by atoms with Crippen LogP contribution in [0.1, 0.15) is 53.8 Å². The maximum Gasteiger partial charge on any atom is 0.315 e. The first kappa shape index (κ1) is 16.5. The first-order valence-corrected chi connectivity index (χ1v) is 8.70. The number of aromatic nitrogens is 1. The number of amides is 2. The molecule has 1 aliphatic rings. The van der Waals surface area contributed by atoms with Crippen molar-refractivity contribution in [3.63, 3.8) is 0 Å². The first-order valence-electron chi connectivity index (χ1n) is 8.70. The molecule has 126 valence electrons. The molecule has 0 bridgehead atoms. The van der Waals surface area contributed by atoms with Crippen molar-refractivity contribution in [1.29, 1.82) is 0 Å². The number of nitrogens with one attached hydrogen (secondary N) is 2. The molecule has 2 aromatic rings. The quantitative estimate of drug-likeness (QED) is 0.898. The van der Waals surface area contributed by atoms with Gasteiger partial charge in [-0.1, -0.05) is 24.3 Å². The molecule has 1 atom stereocenters. The van der Waals surface area contributed by atoms with E-state index >= 15 is 0 Å². The molecule has 1 aromatic carbocycles. The van der Waals surface area contributed by atoms with Crippen LogP contribution in [-0.2, 0) is 19.4 Å². The van der Waals surface area contributed by atoms with Gasteiger partial charge >= 0.3 is 6.03 Å². The number of rotatable bonds is 4. The number of pyridine rings is 1. The van der Waals surface area contributed by atoms with Gasteiger partial charge in [-0.3, -0.25) is 4.98 Å².